The number of nitrogens with zero attached hydrogens (tertiary/aromatic N) is 2. The predicted octanol–water partition coefficient (Wildman–Crippen LogP) is 3.06. The predicted molar refractivity (Wildman–Crippen MR) is 47.8 cm³/mol. The molecule has 0 fully saturated rings. The zero-order valence-electron chi connectivity index (χ0n) is 7.59. The van der Waals surface area contributed by atoms with Crippen molar-refractivity contribution in [3.8, 4) is 0 Å². The van der Waals surface area contributed by atoms with E-state index >= 15 is 0 Å². The number of halogens is 5. The quantitative estimate of drug-likeness (QED) is 0.158. The maximum Gasteiger partial charge on any atom is 0.349 e. The molecule has 0 aliphatic carbocycles. The van der Waals surface area contributed by atoms with Crippen LogP contribution in [0, 0.1) is 27.6 Å². The highest BCUT2D eigenvalue weighted by Gasteiger charge is 2.32. The van der Waals surface area contributed by atoms with Gasteiger partial charge in [0.2, 0.25) is 11.6 Å². The minimum Gasteiger partial charge on any atom is -0.258 e. The maximum atomic E-state index is 13.0. The first-order valence-corrected chi connectivity index (χ1v) is 4.12. The molecule has 0 heterocycles. The Hall–Kier alpha value is -1.90. The lowest BCUT2D eigenvalue weighted by atomic mass is 10.2. The Kier molecular flexibility index (Phi) is 3.51. The summed E-state index contributed by atoms with van der Waals surface area (Å²) < 4.78 is 51.4. The van der Waals surface area contributed by atoms with E-state index in [0.717, 1.165) is 0 Å². The van der Waals surface area contributed by atoms with Crippen molar-refractivity contribution < 1.29 is 27.4 Å². The highest BCUT2D eigenvalue weighted by atomic mass is 35.5. The molecule has 0 bridgehead atoms. The minimum atomic E-state index is -2.23. The van der Waals surface area contributed by atoms with Crippen LogP contribution < -0.4 is 5.12 Å². The summed E-state index contributed by atoms with van der Waals surface area (Å²) in [7, 11) is 0. The first-order valence-electron chi connectivity index (χ1n) is 3.74. The lowest BCUT2D eigenvalue weighted by Gasteiger charge is -2.09. The maximum absolute atomic E-state index is 13.0. The largest absolute Gasteiger partial charge is 0.349 e. The molecule has 17 heavy (non-hydrogen) atoms. The van der Waals surface area contributed by atoms with Crippen LogP contribution in [0.1, 0.15) is 0 Å². The third kappa shape index (κ3) is 2.28. The summed E-state index contributed by atoms with van der Waals surface area (Å²) in [5.41, 5.74) is -3.17. The molecule has 92 valence electrons. The fourth-order valence-electron chi connectivity index (χ4n) is 0.991. The first-order chi connectivity index (χ1) is 7.77. The van der Waals surface area contributed by atoms with Crippen LogP contribution in [0.25, 0.3) is 0 Å². The molecule has 0 radical (unpaired) electrons. The monoisotopic (exact) mass is 272 g/mol. The van der Waals surface area contributed by atoms with Gasteiger partial charge in [0.05, 0.1) is 4.92 Å². The average Bonchev–Trinajstić information content (AvgIpc) is 2.23. The summed E-state index contributed by atoms with van der Waals surface area (Å²) >= 11 is 4.63. The Morgan fingerprint density at radius 1 is 1.35 bits per heavy atom. The van der Waals surface area contributed by atoms with Gasteiger partial charge in [-0.2, -0.15) is 4.39 Å². The van der Waals surface area contributed by atoms with Crippen molar-refractivity contribution in [1.82, 2.24) is 0 Å². The van der Waals surface area contributed by atoms with Crippen LogP contribution in [0.5, 0.6) is 0 Å². The summed E-state index contributed by atoms with van der Waals surface area (Å²) in [4.78, 5) is 19.2. The Morgan fingerprint density at radius 2 is 1.88 bits per heavy atom. The molecule has 0 spiro atoms. The standard InChI is InChI=1S/C7HClF4N2O3/c8-7(15)13(12)3-1-2(9)4(10)5(11)6(3)14(16)17/h1H. The fraction of sp³-hybridized carbons (Fsp3) is 0. The van der Waals surface area contributed by atoms with Gasteiger partial charge in [-0.05, 0) is 11.6 Å². The van der Waals surface area contributed by atoms with Gasteiger partial charge in [0, 0.05) is 6.07 Å². The topological polar surface area (TPSA) is 63.5 Å². The number of nitro benzene ring substituents is 1. The van der Waals surface area contributed by atoms with E-state index in [1.54, 1.807) is 0 Å². The molecule has 0 N–H and O–H groups in total. The number of nitro groups is 1. The molecule has 0 aromatic heterocycles. The first kappa shape index (κ1) is 13.2. The van der Waals surface area contributed by atoms with E-state index in [1.807, 2.05) is 0 Å². The lowest BCUT2D eigenvalue weighted by Crippen LogP contribution is -2.17. The van der Waals surface area contributed by atoms with Crippen LogP contribution in [0.15, 0.2) is 6.07 Å². The summed E-state index contributed by atoms with van der Waals surface area (Å²) in [6, 6.07) is -0.0587. The molecule has 1 aromatic rings. The molecule has 10 heteroatoms. The Morgan fingerprint density at radius 3 is 2.29 bits per heavy atom. The van der Waals surface area contributed by atoms with Crippen molar-refractivity contribution in [3.63, 3.8) is 0 Å². The molecule has 0 saturated carbocycles. The summed E-state index contributed by atoms with van der Waals surface area (Å²) in [5, 5.41) is 7.41. The Balaban J connectivity index is 3.59. The molecule has 0 aliphatic rings. The molecule has 0 unspecified atom stereocenters. The smallest absolute Gasteiger partial charge is 0.258 e. The van der Waals surface area contributed by atoms with Gasteiger partial charge >= 0.3 is 11.1 Å². The molecule has 0 saturated heterocycles. The summed E-state index contributed by atoms with van der Waals surface area (Å²) in [6.45, 7) is 0. The van der Waals surface area contributed by atoms with Crippen LogP contribution >= 0.6 is 11.6 Å². The number of rotatable bonds is 2. The number of hydrogen-bond acceptors (Lipinski definition) is 3. The van der Waals surface area contributed by atoms with E-state index in [4.69, 9.17) is 0 Å². The van der Waals surface area contributed by atoms with Crippen LogP contribution in [0.3, 0.4) is 0 Å². The van der Waals surface area contributed by atoms with Crippen LogP contribution in [0.2, 0.25) is 0 Å². The molecular formula is C7HClF4N2O3. The van der Waals surface area contributed by atoms with Crippen LogP contribution in [-0.2, 0) is 0 Å². The van der Waals surface area contributed by atoms with Gasteiger partial charge in [-0.15, -0.1) is 5.12 Å². The normalized spacial score (nSPS) is 10.2. The van der Waals surface area contributed by atoms with Gasteiger partial charge in [-0.1, -0.05) is 4.48 Å². The Labute approximate surface area is 95.3 Å². The van der Waals surface area contributed by atoms with E-state index in [2.05, 4.69) is 11.6 Å². The van der Waals surface area contributed by atoms with Gasteiger partial charge in [-0.3, -0.25) is 14.9 Å². The second kappa shape index (κ2) is 4.53. The SMILES string of the molecule is O=C(Cl)N(F)c1cc(F)c(F)c(F)c1[N+](=O)[O-]. The third-order valence-electron chi connectivity index (χ3n) is 1.66. The molecule has 0 atom stereocenters. The number of amides is 1. The second-order valence-electron chi connectivity index (χ2n) is 2.64. The van der Waals surface area contributed by atoms with E-state index in [1.165, 1.54) is 0 Å². The van der Waals surface area contributed by atoms with Gasteiger partial charge in [0.1, 0.15) is 0 Å². The second-order valence-corrected chi connectivity index (χ2v) is 2.97. The fourth-order valence-corrected chi connectivity index (χ4v) is 1.08. The van der Waals surface area contributed by atoms with E-state index in [-0.39, 0.29) is 6.07 Å². The number of hydrogen-bond donors (Lipinski definition) is 0. The van der Waals surface area contributed by atoms with Crippen molar-refractivity contribution in [2.24, 2.45) is 0 Å². The van der Waals surface area contributed by atoms with Gasteiger partial charge in [0.25, 0.3) is 0 Å². The minimum absolute atomic E-state index is 0.0587. The van der Waals surface area contributed by atoms with Crippen molar-refractivity contribution in [2.75, 3.05) is 5.12 Å². The number of anilines is 1. The number of carbonyl (C=O) groups excluding carboxylic acids is 1. The number of carbonyl (C=O) groups is 1. The van der Waals surface area contributed by atoms with Crippen molar-refractivity contribution in [1.29, 1.82) is 0 Å². The molecule has 1 aromatic carbocycles. The lowest BCUT2D eigenvalue weighted by molar-refractivity contribution is -0.387. The van der Waals surface area contributed by atoms with E-state index in [9.17, 15) is 32.6 Å². The highest BCUT2D eigenvalue weighted by molar-refractivity contribution is 6.65. The van der Waals surface area contributed by atoms with Crippen LogP contribution in [-0.4, -0.2) is 10.3 Å². The van der Waals surface area contributed by atoms with E-state index in [0.29, 0.717) is 0 Å². The molecule has 0 aliphatic heterocycles. The van der Waals surface area contributed by atoms with Gasteiger partial charge < -0.3 is 0 Å². The van der Waals surface area contributed by atoms with Crippen molar-refractivity contribution >= 4 is 28.3 Å². The summed E-state index contributed by atoms with van der Waals surface area (Å²) in [6.07, 6.45) is 0. The molecule has 1 rings (SSSR count). The van der Waals surface area contributed by atoms with Crippen molar-refractivity contribution in [2.45, 2.75) is 0 Å². The summed E-state index contributed by atoms with van der Waals surface area (Å²) in [5.74, 6) is -6.29. The van der Waals surface area contributed by atoms with Crippen LogP contribution in [0.4, 0.5) is 33.8 Å². The van der Waals surface area contributed by atoms with Crippen molar-refractivity contribution in [3.05, 3.63) is 33.6 Å². The third-order valence-corrected chi connectivity index (χ3v) is 1.81. The molecule has 5 nitrogen and oxygen atoms in total. The molecular weight excluding hydrogens is 272 g/mol. The molecule has 1 amide bonds. The van der Waals surface area contributed by atoms with E-state index < -0.39 is 44.2 Å². The van der Waals surface area contributed by atoms with Gasteiger partial charge in [-0.25, -0.2) is 8.78 Å². The average molecular weight is 273 g/mol. The Bertz CT molecular complexity index is 510. The highest BCUT2D eigenvalue weighted by Crippen LogP contribution is 2.34. The van der Waals surface area contributed by atoms with Gasteiger partial charge in [0.15, 0.2) is 11.5 Å². The zero-order valence-corrected chi connectivity index (χ0v) is 8.34. The zero-order chi connectivity index (χ0) is 13.3. The number of benzene rings is 1.